The number of amides is 2. The number of nitrogens with one attached hydrogen (secondary N) is 3. The van der Waals surface area contributed by atoms with Gasteiger partial charge in [0.25, 0.3) is 0 Å². The molecular weight excluding hydrogens is 270 g/mol. The smallest absolute Gasteiger partial charge is 0.250 e. The van der Waals surface area contributed by atoms with Gasteiger partial charge in [0.05, 0.1) is 6.04 Å². The molecule has 114 valence electrons. The second-order valence-corrected chi connectivity index (χ2v) is 5.15. The third kappa shape index (κ3) is 4.27. The first-order valence-corrected chi connectivity index (χ1v) is 7.04. The van der Waals surface area contributed by atoms with Crippen molar-refractivity contribution in [2.24, 2.45) is 0 Å². The van der Waals surface area contributed by atoms with E-state index in [1.54, 1.807) is 12.1 Å². The number of benzene rings is 1. The Balaban J connectivity index is 1.98. The molecule has 1 aliphatic heterocycles. The van der Waals surface area contributed by atoms with Gasteiger partial charge in [-0.3, -0.25) is 9.59 Å². The van der Waals surface area contributed by atoms with Gasteiger partial charge in [-0.25, -0.2) is 0 Å². The average Bonchev–Trinajstić information content (AvgIpc) is 2.96. The van der Waals surface area contributed by atoms with Crippen LogP contribution in [0.5, 0.6) is 0 Å². The molecule has 1 aliphatic rings. The Morgan fingerprint density at radius 2 is 2.19 bits per heavy atom. The van der Waals surface area contributed by atoms with E-state index in [1.807, 2.05) is 13.0 Å². The molecule has 2 rings (SSSR count). The van der Waals surface area contributed by atoms with Crippen molar-refractivity contribution >= 4 is 23.2 Å². The number of rotatable bonds is 5. The van der Waals surface area contributed by atoms with Crippen LogP contribution in [0.15, 0.2) is 18.2 Å². The maximum atomic E-state index is 12.0. The Morgan fingerprint density at radius 1 is 1.38 bits per heavy atom. The molecule has 2 amide bonds. The van der Waals surface area contributed by atoms with E-state index < -0.39 is 0 Å². The first-order valence-electron chi connectivity index (χ1n) is 7.04. The lowest BCUT2D eigenvalue weighted by Gasteiger charge is -2.13. The number of aryl methyl sites for hydroxylation is 1. The predicted octanol–water partition coefficient (Wildman–Crippen LogP) is 1.27. The van der Waals surface area contributed by atoms with Crippen LogP contribution in [0.1, 0.15) is 18.4 Å². The van der Waals surface area contributed by atoms with Crippen LogP contribution >= 0.6 is 0 Å². The molecular formula is C15H21N3O3. The molecule has 0 aromatic heterocycles. The van der Waals surface area contributed by atoms with Crippen molar-refractivity contribution in [2.75, 3.05) is 30.9 Å². The van der Waals surface area contributed by atoms with Crippen molar-refractivity contribution in [3.8, 4) is 0 Å². The van der Waals surface area contributed by atoms with Crippen LogP contribution in [0.3, 0.4) is 0 Å². The minimum atomic E-state index is -0.201. The predicted molar refractivity (Wildman–Crippen MR) is 81.3 cm³/mol. The normalized spacial score (nSPS) is 17.5. The lowest BCUT2D eigenvalue weighted by atomic mass is 10.1. The Bertz CT molecular complexity index is 525. The zero-order chi connectivity index (χ0) is 15.2. The summed E-state index contributed by atoms with van der Waals surface area (Å²) in [6.45, 7) is 2.79. The average molecular weight is 291 g/mol. The second-order valence-electron chi connectivity index (χ2n) is 5.15. The van der Waals surface area contributed by atoms with E-state index in [1.165, 1.54) is 7.11 Å². The van der Waals surface area contributed by atoms with Crippen LogP contribution in [0.4, 0.5) is 11.4 Å². The molecule has 1 aromatic rings. The van der Waals surface area contributed by atoms with Gasteiger partial charge < -0.3 is 20.7 Å². The SMILES string of the molecule is COCC(=O)Nc1ccc(NC(=O)C2CCCN2)cc1C. The number of hydrogen-bond acceptors (Lipinski definition) is 4. The highest BCUT2D eigenvalue weighted by Crippen LogP contribution is 2.20. The number of carbonyl (C=O) groups is 2. The van der Waals surface area contributed by atoms with Gasteiger partial charge in [0.1, 0.15) is 6.61 Å². The number of ether oxygens (including phenoxy) is 1. The number of hydrogen-bond donors (Lipinski definition) is 3. The van der Waals surface area contributed by atoms with Gasteiger partial charge >= 0.3 is 0 Å². The standard InChI is InChI=1S/C15H21N3O3/c1-10-8-11(17-15(20)13-4-3-7-16-13)5-6-12(10)18-14(19)9-21-2/h5-6,8,13,16H,3-4,7,9H2,1-2H3,(H,17,20)(H,18,19). The lowest BCUT2D eigenvalue weighted by Crippen LogP contribution is -2.35. The first kappa shape index (κ1) is 15.5. The van der Waals surface area contributed by atoms with E-state index in [0.29, 0.717) is 5.69 Å². The zero-order valence-corrected chi connectivity index (χ0v) is 12.4. The molecule has 0 saturated carbocycles. The number of carbonyl (C=O) groups excluding carboxylic acids is 2. The summed E-state index contributed by atoms with van der Waals surface area (Å²) in [5, 5.41) is 8.81. The molecule has 0 bridgehead atoms. The second kappa shape index (κ2) is 7.19. The van der Waals surface area contributed by atoms with Gasteiger partial charge in [-0.15, -0.1) is 0 Å². The van der Waals surface area contributed by atoms with Crippen LogP contribution in [-0.2, 0) is 14.3 Å². The van der Waals surface area contributed by atoms with E-state index in [0.717, 1.165) is 30.6 Å². The Labute approximate surface area is 124 Å². The lowest BCUT2D eigenvalue weighted by molar-refractivity contribution is -0.119. The Morgan fingerprint density at radius 3 is 2.81 bits per heavy atom. The summed E-state index contributed by atoms with van der Waals surface area (Å²) in [7, 11) is 1.47. The molecule has 1 aromatic carbocycles. The monoisotopic (exact) mass is 291 g/mol. The maximum absolute atomic E-state index is 12.0. The fourth-order valence-electron chi connectivity index (χ4n) is 2.34. The van der Waals surface area contributed by atoms with Crippen molar-refractivity contribution in [1.29, 1.82) is 0 Å². The highest BCUT2D eigenvalue weighted by atomic mass is 16.5. The van der Waals surface area contributed by atoms with Gasteiger partial charge in [-0.05, 0) is 50.1 Å². The van der Waals surface area contributed by atoms with Crippen molar-refractivity contribution in [2.45, 2.75) is 25.8 Å². The maximum Gasteiger partial charge on any atom is 0.250 e. The first-order chi connectivity index (χ1) is 10.1. The van der Waals surface area contributed by atoms with Crippen LogP contribution in [0.25, 0.3) is 0 Å². The molecule has 0 aliphatic carbocycles. The van der Waals surface area contributed by atoms with Crippen molar-refractivity contribution in [1.82, 2.24) is 5.32 Å². The van der Waals surface area contributed by atoms with E-state index in [-0.39, 0.29) is 24.5 Å². The van der Waals surface area contributed by atoms with Crippen molar-refractivity contribution < 1.29 is 14.3 Å². The molecule has 1 heterocycles. The van der Waals surface area contributed by atoms with Gasteiger partial charge in [0.2, 0.25) is 11.8 Å². The van der Waals surface area contributed by atoms with Crippen LogP contribution in [-0.4, -0.2) is 38.1 Å². The summed E-state index contributed by atoms with van der Waals surface area (Å²) >= 11 is 0. The largest absolute Gasteiger partial charge is 0.375 e. The summed E-state index contributed by atoms with van der Waals surface area (Å²) in [5.41, 5.74) is 2.33. The summed E-state index contributed by atoms with van der Waals surface area (Å²) < 4.78 is 4.77. The van der Waals surface area contributed by atoms with Gasteiger partial charge in [0.15, 0.2) is 0 Å². The van der Waals surface area contributed by atoms with E-state index in [2.05, 4.69) is 16.0 Å². The van der Waals surface area contributed by atoms with Crippen molar-refractivity contribution in [3.63, 3.8) is 0 Å². The summed E-state index contributed by atoms with van der Waals surface area (Å²) in [6.07, 6.45) is 1.90. The van der Waals surface area contributed by atoms with E-state index in [4.69, 9.17) is 4.74 Å². The van der Waals surface area contributed by atoms with E-state index >= 15 is 0 Å². The third-order valence-electron chi connectivity index (χ3n) is 3.42. The number of methoxy groups -OCH3 is 1. The highest BCUT2D eigenvalue weighted by molar-refractivity contribution is 5.96. The fourth-order valence-corrected chi connectivity index (χ4v) is 2.34. The highest BCUT2D eigenvalue weighted by Gasteiger charge is 2.21. The van der Waals surface area contributed by atoms with Crippen LogP contribution in [0, 0.1) is 6.92 Å². The minimum Gasteiger partial charge on any atom is -0.375 e. The van der Waals surface area contributed by atoms with E-state index in [9.17, 15) is 9.59 Å². The zero-order valence-electron chi connectivity index (χ0n) is 12.4. The summed E-state index contributed by atoms with van der Waals surface area (Å²) in [4.78, 5) is 23.5. The van der Waals surface area contributed by atoms with Gasteiger partial charge in [-0.1, -0.05) is 0 Å². The third-order valence-corrected chi connectivity index (χ3v) is 3.42. The quantitative estimate of drug-likeness (QED) is 0.763. The van der Waals surface area contributed by atoms with Gasteiger partial charge in [-0.2, -0.15) is 0 Å². The van der Waals surface area contributed by atoms with Crippen LogP contribution < -0.4 is 16.0 Å². The molecule has 1 atom stereocenters. The molecule has 0 radical (unpaired) electrons. The molecule has 0 spiro atoms. The molecule has 6 heteroatoms. The molecule has 1 unspecified atom stereocenters. The molecule has 3 N–H and O–H groups in total. The Hall–Kier alpha value is -1.92. The molecule has 1 fully saturated rings. The fraction of sp³-hybridized carbons (Fsp3) is 0.467. The van der Waals surface area contributed by atoms with Gasteiger partial charge in [0, 0.05) is 18.5 Å². The topological polar surface area (TPSA) is 79.5 Å². The molecule has 21 heavy (non-hydrogen) atoms. The summed E-state index contributed by atoms with van der Waals surface area (Å²) in [6, 6.07) is 5.30. The minimum absolute atomic E-state index is 0.0110. The Kier molecular flexibility index (Phi) is 5.30. The molecule has 6 nitrogen and oxygen atoms in total. The van der Waals surface area contributed by atoms with Crippen molar-refractivity contribution in [3.05, 3.63) is 23.8 Å². The number of anilines is 2. The summed E-state index contributed by atoms with van der Waals surface area (Å²) in [5.74, 6) is -0.212. The van der Waals surface area contributed by atoms with Crippen LogP contribution in [0.2, 0.25) is 0 Å². The molecule has 1 saturated heterocycles.